The molecular weight excluding hydrogens is 403 g/mol. The van der Waals surface area contributed by atoms with Crippen molar-refractivity contribution in [2.24, 2.45) is 5.92 Å². The van der Waals surface area contributed by atoms with E-state index in [1.807, 2.05) is 10.7 Å². The topological polar surface area (TPSA) is 79.6 Å². The molecule has 0 radical (unpaired) electrons. The van der Waals surface area contributed by atoms with Crippen molar-refractivity contribution in [2.45, 2.75) is 57.8 Å². The van der Waals surface area contributed by atoms with E-state index in [9.17, 15) is 9.90 Å². The second-order valence-corrected chi connectivity index (χ2v) is 15.5. The van der Waals surface area contributed by atoms with Gasteiger partial charge in [-0.1, -0.05) is 25.7 Å². The van der Waals surface area contributed by atoms with Crippen molar-refractivity contribution >= 4 is 24.9 Å². The fourth-order valence-electron chi connectivity index (χ4n) is 4.66. The van der Waals surface area contributed by atoms with E-state index in [1.54, 1.807) is 12.1 Å². The average Bonchev–Trinajstić information content (AvgIpc) is 3.07. The molecule has 3 saturated heterocycles. The van der Waals surface area contributed by atoms with Crippen molar-refractivity contribution in [3.8, 4) is 0 Å². The number of carboxylic acids is 1. The zero-order valence-electron chi connectivity index (χ0n) is 20.4. The summed E-state index contributed by atoms with van der Waals surface area (Å²) in [5.41, 5.74) is 1.94. The summed E-state index contributed by atoms with van der Waals surface area (Å²) in [4.78, 5) is 14.4. The van der Waals surface area contributed by atoms with Crippen LogP contribution in [0, 0.1) is 5.92 Å². The number of benzene rings is 1. The quantitative estimate of drug-likeness (QED) is 0.434. The molecule has 1 aromatic carbocycles. The Kier molecular flexibility index (Phi) is 8.06. The maximum atomic E-state index is 11.9. The minimum absolute atomic E-state index is 0. The standard InChI is InChI=1S/C22H34N4O3Si.Li.H/c1-30(2,3)12-11-29-15-26-20-6-4-5-17(22(27)28)21(20)18(24-26)13-23-19-14-25-9-7-16(19)8-10-25;;/h4-6,16,19,23H,7-15H2,1-3H3,(H,27,28);;/q;+1;-1. The number of rotatable bonds is 9. The maximum absolute atomic E-state index is 11.9. The Hall–Kier alpha value is -1.15. The number of carboxylic acid groups (broad SMARTS) is 1. The minimum Gasteiger partial charge on any atom is -1.00 e. The van der Waals surface area contributed by atoms with Crippen molar-refractivity contribution in [1.82, 2.24) is 20.0 Å². The van der Waals surface area contributed by atoms with Gasteiger partial charge in [0.15, 0.2) is 0 Å². The summed E-state index contributed by atoms with van der Waals surface area (Å²) in [6.07, 6.45) is 2.50. The maximum Gasteiger partial charge on any atom is 1.00 e. The molecule has 9 heteroatoms. The second kappa shape index (κ2) is 10.2. The number of piperidine rings is 3. The third-order valence-electron chi connectivity index (χ3n) is 6.48. The number of hydrogen-bond acceptors (Lipinski definition) is 5. The van der Waals surface area contributed by atoms with Gasteiger partial charge < -0.3 is 21.5 Å². The first kappa shape index (κ1) is 24.5. The van der Waals surface area contributed by atoms with Gasteiger partial charge in [-0.3, -0.25) is 0 Å². The molecule has 2 aromatic rings. The van der Waals surface area contributed by atoms with E-state index in [1.165, 1.54) is 25.9 Å². The van der Waals surface area contributed by atoms with Crippen LogP contribution in [0.2, 0.25) is 25.7 Å². The van der Waals surface area contributed by atoms with Crippen LogP contribution in [-0.4, -0.2) is 66.1 Å². The predicted molar refractivity (Wildman–Crippen MR) is 122 cm³/mol. The van der Waals surface area contributed by atoms with Crippen LogP contribution in [0.3, 0.4) is 0 Å². The predicted octanol–water partition coefficient (Wildman–Crippen LogP) is 0.347. The molecule has 2 N–H and O–H groups in total. The van der Waals surface area contributed by atoms with Crippen molar-refractivity contribution in [1.29, 1.82) is 0 Å². The van der Waals surface area contributed by atoms with E-state index >= 15 is 0 Å². The van der Waals surface area contributed by atoms with Crippen LogP contribution in [0.5, 0.6) is 0 Å². The summed E-state index contributed by atoms with van der Waals surface area (Å²) in [7, 11) is -1.15. The molecule has 5 rings (SSSR count). The van der Waals surface area contributed by atoms with Crippen molar-refractivity contribution in [3.63, 3.8) is 0 Å². The van der Waals surface area contributed by atoms with E-state index in [2.05, 4.69) is 29.9 Å². The summed E-state index contributed by atoms with van der Waals surface area (Å²) >= 11 is 0. The smallest absolute Gasteiger partial charge is 1.00 e. The van der Waals surface area contributed by atoms with Crippen molar-refractivity contribution < 1.29 is 34.9 Å². The first-order chi connectivity index (χ1) is 14.3. The average molecular weight is 439 g/mol. The second-order valence-electron chi connectivity index (χ2n) is 9.92. The molecule has 0 aliphatic carbocycles. The van der Waals surface area contributed by atoms with Gasteiger partial charge in [0.25, 0.3) is 0 Å². The fraction of sp³-hybridized carbons (Fsp3) is 0.636. The van der Waals surface area contributed by atoms with Crippen LogP contribution in [0.1, 0.15) is 30.3 Å². The molecule has 0 spiro atoms. The Morgan fingerprint density at radius 2 is 2.06 bits per heavy atom. The van der Waals surface area contributed by atoms with E-state index < -0.39 is 14.0 Å². The third kappa shape index (κ3) is 5.81. The normalized spacial score (nSPS) is 23.1. The number of nitrogens with zero attached hydrogens (tertiary/aromatic N) is 3. The Morgan fingerprint density at radius 3 is 2.68 bits per heavy atom. The molecular formula is C22H35LiN4O3Si. The number of carbonyl (C=O) groups is 1. The molecule has 3 aliphatic rings. The van der Waals surface area contributed by atoms with Gasteiger partial charge in [-0.15, -0.1) is 0 Å². The SMILES string of the molecule is C[Si](C)(C)CCOCn1nc(CNC2CN3CCC2CC3)c2c(C(=O)O)cccc21.[H-].[Li+]. The Bertz CT molecular complexity index is 912. The van der Waals surface area contributed by atoms with Gasteiger partial charge in [-0.2, -0.15) is 5.10 Å². The van der Waals surface area contributed by atoms with Gasteiger partial charge in [0.2, 0.25) is 0 Å². The fourth-order valence-corrected chi connectivity index (χ4v) is 5.42. The van der Waals surface area contributed by atoms with Gasteiger partial charge >= 0.3 is 24.8 Å². The monoisotopic (exact) mass is 438 g/mol. The van der Waals surface area contributed by atoms with Gasteiger partial charge in [-0.25, -0.2) is 9.48 Å². The van der Waals surface area contributed by atoms with Crippen LogP contribution in [0.15, 0.2) is 18.2 Å². The van der Waals surface area contributed by atoms with E-state index in [4.69, 9.17) is 9.84 Å². The molecule has 1 aromatic heterocycles. The minimum atomic E-state index is -1.15. The Balaban J connectivity index is 0.00000181. The first-order valence-electron chi connectivity index (χ1n) is 11.1. The first-order valence-corrected chi connectivity index (χ1v) is 14.8. The van der Waals surface area contributed by atoms with Crippen LogP contribution in [0.25, 0.3) is 10.9 Å². The molecule has 1 atom stereocenters. The van der Waals surface area contributed by atoms with Crippen molar-refractivity contribution in [2.75, 3.05) is 26.2 Å². The van der Waals surface area contributed by atoms with Gasteiger partial charge in [0, 0.05) is 39.2 Å². The molecule has 166 valence electrons. The van der Waals surface area contributed by atoms with Crippen LogP contribution < -0.4 is 24.2 Å². The van der Waals surface area contributed by atoms with Crippen LogP contribution in [0.4, 0.5) is 0 Å². The molecule has 3 fully saturated rings. The van der Waals surface area contributed by atoms with Crippen LogP contribution in [-0.2, 0) is 18.0 Å². The molecule has 7 nitrogen and oxygen atoms in total. The van der Waals surface area contributed by atoms with Crippen molar-refractivity contribution in [3.05, 3.63) is 29.5 Å². The largest absolute Gasteiger partial charge is 1.00 e. The summed E-state index contributed by atoms with van der Waals surface area (Å²) in [6, 6.07) is 6.95. The number of aromatic carboxylic acids is 1. The van der Waals surface area contributed by atoms with Gasteiger partial charge in [0.05, 0.1) is 16.8 Å². The number of hydrogen-bond donors (Lipinski definition) is 2. The third-order valence-corrected chi connectivity index (χ3v) is 8.18. The summed E-state index contributed by atoms with van der Waals surface area (Å²) in [5.74, 6) is -0.198. The Morgan fingerprint density at radius 1 is 1.32 bits per heavy atom. The molecule has 4 heterocycles. The summed E-state index contributed by atoms with van der Waals surface area (Å²) < 4.78 is 7.73. The van der Waals surface area contributed by atoms with Crippen LogP contribution >= 0.6 is 0 Å². The number of aromatic nitrogens is 2. The van der Waals surface area contributed by atoms with E-state index in [-0.39, 0.29) is 20.3 Å². The number of nitrogens with one attached hydrogen (secondary N) is 1. The molecule has 2 bridgehead atoms. The van der Waals surface area contributed by atoms with E-state index in [0.717, 1.165) is 29.2 Å². The van der Waals surface area contributed by atoms with Gasteiger partial charge in [-0.05, 0) is 50.0 Å². The molecule has 0 amide bonds. The molecule has 31 heavy (non-hydrogen) atoms. The molecule has 3 aliphatic heterocycles. The molecule has 1 unspecified atom stereocenters. The Labute approximate surface area is 199 Å². The van der Waals surface area contributed by atoms with Gasteiger partial charge in [0.1, 0.15) is 6.73 Å². The number of ether oxygens (including phenoxy) is 1. The summed E-state index contributed by atoms with van der Waals surface area (Å²) in [6.45, 7) is 12.1. The summed E-state index contributed by atoms with van der Waals surface area (Å²) in [5, 5.41) is 18.9. The molecule has 0 saturated carbocycles. The van der Waals surface area contributed by atoms with E-state index in [0.29, 0.717) is 37.4 Å². The zero-order valence-corrected chi connectivity index (χ0v) is 20.4. The zero-order chi connectivity index (χ0) is 21.3. The number of fused-ring (bicyclic) bond motifs is 4.